The second kappa shape index (κ2) is 7.30. The van der Waals surface area contributed by atoms with Gasteiger partial charge in [0, 0.05) is 12.5 Å². The van der Waals surface area contributed by atoms with E-state index < -0.39 is 5.92 Å². The van der Waals surface area contributed by atoms with Crippen LogP contribution in [-0.2, 0) is 17.6 Å². The van der Waals surface area contributed by atoms with Crippen molar-refractivity contribution in [1.29, 1.82) is 5.26 Å². The van der Waals surface area contributed by atoms with Crippen LogP contribution in [0.3, 0.4) is 0 Å². The first-order valence-corrected chi connectivity index (χ1v) is 6.95. The summed E-state index contributed by atoms with van der Waals surface area (Å²) in [6, 6.07) is 15.3. The van der Waals surface area contributed by atoms with Gasteiger partial charge in [0.1, 0.15) is 11.7 Å². The molecule has 108 valence electrons. The second-order valence-corrected chi connectivity index (χ2v) is 5.06. The van der Waals surface area contributed by atoms with E-state index >= 15 is 0 Å². The number of furan rings is 1. The fourth-order valence-electron chi connectivity index (χ4n) is 2.17. The van der Waals surface area contributed by atoms with Crippen LogP contribution < -0.4 is 5.32 Å². The number of carbonyl (C=O) groups excluding carboxylic acids is 1. The van der Waals surface area contributed by atoms with Crippen molar-refractivity contribution < 1.29 is 9.21 Å². The Balaban J connectivity index is 1.89. The lowest BCUT2D eigenvalue weighted by Gasteiger charge is -2.15. The summed E-state index contributed by atoms with van der Waals surface area (Å²) < 4.78 is 5.25. The molecule has 0 saturated carbocycles. The van der Waals surface area contributed by atoms with Crippen LogP contribution >= 0.6 is 0 Å². The molecule has 0 aliphatic carbocycles. The fourth-order valence-corrected chi connectivity index (χ4v) is 2.17. The van der Waals surface area contributed by atoms with Crippen molar-refractivity contribution in [2.45, 2.75) is 25.8 Å². The minimum Gasteiger partial charge on any atom is -0.469 e. The third-order valence-electron chi connectivity index (χ3n) is 3.23. The summed E-state index contributed by atoms with van der Waals surface area (Å²) >= 11 is 0. The Morgan fingerprint density at radius 3 is 2.62 bits per heavy atom. The average molecular weight is 282 g/mol. The third kappa shape index (κ3) is 4.50. The largest absolute Gasteiger partial charge is 0.469 e. The van der Waals surface area contributed by atoms with Gasteiger partial charge in [0.2, 0.25) is 5.91 Å². The molecule has 0 radical (unpaired) electrons. The van der Waals surface area contributed by atoms with Gasteiger partial charge in [-0.3, -0.25) is 4.79 Å². The molecule has 1 N–H and O–H groups in total. The molecule has 2 atom stereocenters. The predicted octanol–water partition coefficient (Wildman–Crippen LogP) is 2.71. The summed E-state index contributed by atoms with van der Waals surface area (Å²) in [5.41, 5.74) is 0.984. The third-order valence-corrected chi connectivity index (χ3v) is 3.23. The van der Waals surface area contributed by atoms with Crippen LogP contribution in [0.15, 0.2) is 53.1 Å². The number of amides is 1. The standard InChI is InChI=1S/C17H18N2O2/c1-13(10-16-8-5-9-21-16)19-17(20)15(12-18)11-14-6-3-2-4-7-14/h2-9,13,15H,10-11H2,1H3,(H,19,20). The van der Waals surface area contributed by atoms with Gasteiger partial charge in [-0.15, -0.1) is 0 Å². The van der Waals surface area contributed by atoms with Gasteiger partial charge >= 0.3 is 0 Å². The van der Waals surface area contributed by atoms with Gasteiger partial charge in [0.05, 0.1) is 12.3 Å². The summed E-state index contributed by atoms with van der Waals surface area (Å²) in [6.07, 6.45) is 2.65. The average Bonchev–Trinajstić information content (AvgIpc) is 2.98. The highest BCUT2D eigenvalue weighted by Crippen LogP contribution is 2.10. The summed E-state index contributed by atoms with van der Waals surface area (Å²) in [5, 5.41) is 12.1. The number of rotatable bonds is 6. The molecule has 0 fully saturated rings. The normalized spacial score (nSPS) is 13.1. The quantitative estimate of drug-likeness (QED) is 0.885. The maximum atomic E-state index is 12.2. The summed E-state index contributed by atoms with van der Waals surface area (Å²) in [7, 11) is 0. The number of nitriles is 1. The van der Waals surface area contributed by atoms with Crippen molar-refractivity contribution in [2.24, 2.45) is 5.92 Å². The summed E-state index contributed by atoms with van der Waals surface area (Å²) in [6.45, 7) is 1.90. The molecule has 2 rings (SSSR count). The maximum absolute atomic E-state index is 12.2. The number of nitrogens with one attached hydrogen (secondary N) is 1. The van der Waals surface area contributed by atoms with E-state index in [1.807, 2.05) is 49.4 Å². The predicted molar refractivity (Wildman–Crippen MR) is 79.3 cm³/mol. The number of hydrogen-bond donors (Lipinski definition) is 1. The van der Waals surface area contributed by atoms with Crippen molar-refractivity contribution in [2.75, 3.05) is 0 Å². The van der Waals surface area contributed by atoms with Gasteiger partial charge < -0.3 is 9.73 Å². The molecule has 0 bridgehead atoms. The molecule has 2 unspecified atom stereocenters. The molecule has 2 aromatic rings. The van der Waals surface area contributed by atoms with Gasteiger partial charge in [-0.1, -0.05) is 30.3 Å². The number of benzene rings is 1. The zero-order valence-corrected chi connectivity index (χ0v) is 12.0. The van der Waals surface area contributed by atoms with Crippen molar-refractivity contribution in [3.63, 3.8) is 0 Å². The lowest BCUT2D eigenvalue weighted by Crippen LogP contribution is -2.38. The van der Waals surface area contributed by atoms with Crippen LogP contribution in [0.25, 0.3) is 0 Å². The van der Waals surface area contributed by atoms with Crippen molar-refractivity contribution in [3.8, 4) is 6.07 Å². The molecule has 4 heteroatoms. The molecule has 1 amide bonds. The molecule has 0 aliphatic heterocycles. The van der Waals surface area contributed by atoms with Crippen molar-refractivity contribution in [3.05, 3.63) is 60.1 Å². The number of nitrogens with zero attached hydrogens (tertiary/aromatic N) is 1. The van der Waals surface area contributed by atoms with E-state index in [0.29, 0.717) is 12.8 Å². The Morgan fingerprint density at radius 1 is 1.24 bits per heavy atom. The van der Waals surface area contributed by atoms with E-state index in [1.165, 1.54) is 0 Å². The van der Waals surface area contributed by atoms with Gasteiger partial charge in [-0.25, -0.2) is 0 Å². The SMILES string of the molecule is CC(Cc1ccco1)NC(=O)C(C#N)Cc1ccccc1. The zero-order valence-electron chi connectivity index (χ0n) is 12.0. The highest BCUT2D eigenvalue weighted by atomic mass is 16.3. The van der Waals surface area contributed by atoms with E-state index in [-0.39, 0.29) is 11.9 Å². The molecular weight excluding hydrogens is 264 g/mol. The fraction of sp³-hybridized carbons (Fsp3) is 0.294. The van der Waals surface area contributed by atoms with Gasteiger partial charge in [0.25, 0.3) is 0 Å². The molecular formula is C17H18N2O2. The Bertz CT molecular complexity index is 599. The van der Waals surface area contributed by atoms with Crippen LogP contribution in [0.4, 0.5) is 0 Å². The highest BCUT2D eigenvalue weighted by molar-refractivity contribution is 5.81. The Morgan fingerprint density at radius 2 is 2.00 bits per heavy atom. The first-order valence-electron chi connectivity index (χ1n) is 6.95. The molecule has 1 heterocycles. The summed E-state index contributed by atoms with van der Waals surface area (Å²) in [4.78, 5) is 12.2. The highest BCUT2D eigenvalue weighted by Gasteiger charge is 2.20. The van der Waals surface area contributed by atoms with Gasteiger partial charge in [-0.05, 0) is 31.0 Å². The Kier molecular flexibility index (Phi) is 5.16. The van der Waals surface area contributed by atoms with E-state index in [2.05, 4.69) is 11.4 Å². The van der Waals surface area contributed by atoms with Crippen LogP contribution in [0, 0.1) is 17.2 Å². The van der Waals surface area contributed by atoms with Crippen molar-refractivity contribution >= 4 is 5.91 Å². The maximum Gasteiger partial charge on any atom is 0.237 e. The molecule has 1 aromatic carbocycles. The van der Waals surface area contributed by atoms with Gasteiger partial charge in [-0.2, -0.15) is 5.26 Å². The lowest BCUT2D eigenvalue weighted by atomic mass is 9.99. The zero-order chi connectivity index (χ0) is 15.1. The molecule has 0 saturated heterocycles. The lowest BCUT2D eigenvalue weighted by molar-refractivity contribution is -0.124. The topological polar surface area (TPSA) is 66.0 Å². The van der Waals surface area contributed by atoms with Crippen LogP contribution in [0.5, 0.6) is 0 Å². The molecule has 1 aromatic heterocycles. The first kappa shape index (κ1) is 14.9. The van der Waals surface area contributed by atoms with Gasteiger partial charge in [0.15, 0.2) is 0 Å². The molecule has 0 aliphatic rings. The molecule has 4 nitrogen and oxygen atoms in total. The number of hydrogen-bond acceptors (Lipinski definition) is 3. The van der Waals surface area contributed by atoms with E-state index in [1.54, 1.807) is 6.26 Å². The smallest absolute Gasteiger partial charge is 0.237 e. The number of carbonyl (C=O) groups is 1. The monoisotopic (exact) mass is 282 g/mol. The van der Waals surface area contributed by atoms with Crippen LogP contribution in [0.1, 0.15) is 18.2 Å². The van der Waals surface area contributed by atoms with Crippen LogP contribution in [-0.4, -0.2) is 11.9 Å². The van der Waals surface area contributed by atoms with E-state index in [0.717, 1.165) is 11.3 Å². The Labute approximate surface area is 124 Å². The molecule has 0 spiro atoms. The summed E-state index contributed by atoms with van der Waals surface area (Å²) in [5.74, 6) is -0.0915. The minimum absolute atomic E-state index is 0.0738. The van der Waals surface area contributed by atoms with E-state index in [9.17, 15) is 10.1 Å². The van der Waals surface area contributed by atoms with E-state index in [4.69, 9.17) is 4.42 Å². The second-order valence-electron chi connectivity index (χ2n) is 5.06. The Hall–Kier alpha value is -2.54. The minimum atomic E-state index is -0.675. The molecule has 21 heavy (non-hydrogen) atoms. The van der Waals surface area contributed by atoms with Crippen molar-refractivity contribution in [1.82, 2.24) is 5.32 Å². The first-order chi connectivity index (χ1) is 10.2. The van der Waals surface area contributed by atoms with Crippen LogP contribution in [0.2, 0.25) is 0 Å².